The van der Waals surface area contributed by atoms with Gasteiger partial charge >= 0.3 is 0 Å². The van der Waals surface area contributed by atoms with E-state index in [1.807, 2.05) is 38.1 Å². The Morgan fingerprint density at radius 3 is 2.83 bits per heavy atom. The molecule has 0 unspecified atom stereocenters. The molecule has 0 heterocycles. The summed E-state index contributed by atoms with van der Waals surface area (Å²) >= 11 is 5.06. The molecule has 0 bridgehead atoms. The van der Waals surface area contributed by atoms with Crippen LogP contribution in [0.1, 0.15) is 25.8 Å². The summed E-state index contributed by atoms with van der Waals surface area (Å²) in [5.74, 6) is 1.17. The summed E-state index contributed by atoms with van der Waals surface area (Å²) in [7, 11) is 0. The highest BCUT2D eigenvalue weighted by molar-refractivity contribution is 9.10. The third-order valence-electron chi connectivity index (χ3n) is 2.33. The van der Waals surface area contributed by atoms with Gasteiger partial charge in [0.25, 0.3) is 0 Å². The Hall–Kier alpha value is -0.810. The van der Waals surface area contributed by atoms with Crippen LogP contribution in [0, 0.1) is 0 Å². The Morgan fingerprint density at radius 1 is 1.44 bits per heavy atom. The molecule has 0 saturated heterocycles. The van der Waals surface area contributed by atoms with Gasteiger partial charge in [0.1, 0.15) is 0 Å². The molecule has 98 valence electrons. The van der Waals surface area contributed by atoms with Crippen LogP contribution >= 0.6 is 27.7 Å². The number of carbonyl (C=O) groups is 1. The number of nitrogens with one attached hydrogen (secondary N) is 1. The van der Waals surface area contributed by atoms with E-state index < -0.39 is 0 Å². The zero-order valence-corrected chi connectivity index (χ0v) is 13.0. The van der Waals surface area contributed by atoms with Crippen molar-refractivity contribution in [2.24, 2.45) is 5.10 Å². The molecule has 1 amide bonds. The van der Waals surface area contributed by atoms with Crippen molar-refractivity contribution >= 4 is 39.3 Å². The van der Waals surface area contributed by atoms with Gasteiger partial charge in [0.15, 0.2) is 0 Å². The topological polar surface area (TPSA) is 41.5 Å². The van der Waals surface area contributed by atoms with Gasteiger partial charge in [-0.05, 0) is 25.0 Å². The fourth-order valence-corrected chi connectivity index (χ4v) is 2.57. The molecule has 5 heteroatoms. The van der Waals surface area contributed by atoms with E-state index in [9.17, 15) is 4.79 Å². The van der Waals surface area contributed by atoms with Gasteiger partial charge in [0, 0.05) is 15.9 Å². The van der Waals surface area contributed by atoms with E-state index in [-0.39, 0.29) is 5.91 Å². The van der Waals surface area contributed by atoms with Crippen LogP contribution in [0.2, 0.25) is 0 Å². The van der Waals surface area contributed by atoms with E-state index in [4.69, 9.17) is 0 Å². The van der Waals surface area contributed by atoms with Crippen LogP contribution < -0.4 is 5.43 Å². The van der Waals surface area contributed by atoms with Gasteiger partial charge in [0.2, 0.25) is 5.91 Å². The number of benzene rings is 1. The molecule has 1 N–H and O–H groups in total. The molecule has 0 fully saturated rings. The summed E-state index contributed by atoms with van der Waals surface area (Å²) in [6.07, 6.45) is 0.852. The first-order valence-electron chi connectivity index (χ1n) is 5.76. The van der Waals surface area contributed by atoms with E-state index in [0.717, 1.165) is 22.4 Å². The second-order valence-corrected chi connectivity index (χ2v) is 5.66. The zero-order chi connectivity index (χ0) is 13.4. The van der Waals surface area contributed by atoms with Gasteiger partial charge in [-0.1, -0.05) is 41.1 Å². The number of hydrogen-bond acceptors (Lipinski definition) is 3. The molecule has 0 aliphatic carbocycles. The Morgan fingerprint density at radius 2 is 2.17 bits per heavy atom. The van der Waals surface area contributed by atoms with Crippen molar-refractivity contribution < 1.29 is 4.79 Å². The molecule has 0 aliphatic heterocycles. The fourth-order valence-electron chi connectivity index (χ4n) is 1.14. The highest BCUT2D eigenvalue weighted by Crippen LogP contribution is 2.20. The molecule has 0 aromatic heterocycles. The van der Waals surface area contributed by atoms with Crippen LogP contribution in [0.3, 0.4) is 0 Å². The number of rotatable bonds is 6. The van der Waals surface area contributed by atoms with Crippen LogP contribution in [-0.2, 0) is 10.5 Å². The largest absolute Gasteiger partial charge is 0.272 e. The summed E-state index contributed by atoms with van der Waals surface area (Å²) in [6, 6.07) is 8.03. The predicted octanol–water partition coefficient (Wildman–Crippen LogP) is 3.58. The third kappa shape index (κ3) is 5.69. The lowest BCUT2D eigenvalue weighted by Gasteiger charge is -2.04. The maximum atomic E-state index is 11.5. The fraction of sp³-hybridized carbons (Fsp3) is 0.385. The van der Waals surface area contributed by atoms with Crippen molar-refractivity contribution in [2.45, 2.75) is 26.0 Å². The van der Waals surface area contributed by atoms with Crippen LogP contribution in [0.15, 0.2) is 33.8 Å². The summed E-state index contributed by atoms with van der Waals surface area (Å²) in [6.45, 7) is 3.90. The van der Waals surface area contributed by atoms with Crippen molar-refractivity contribution in [3.8, 4) is 0 Å². The van der Waals surface area contributed by atoms with Crippen molar-refractivity contribution in [2.75, 3.05) is 5.75 Å². The minimum absolute atomic E-state index is 0.0557. The smallest absolute Gasteiger partial charge is 0.250 e. The Kier molecular flexibility index (Phi) is 7.05. The molecular formula is C13H17BrN2OS. The number of hydrogen-bond donors (Lipinski definition) is 1. The second-order valence-electron chi connectivity index (χ2n) is 3.82. The molecule has 1 aromatic rings. The number of hydrazone groups is 1. The molecule has 1 rings (SSSR count). The SMILES string of the molecule is CC/C(C)=N\NC(=O)CSCc1ccccc1Br. The quantitative estimate of drug-likeness (QED) is 0.640. The van der Waals surface area contributed by atoms with Crippen LogP contribution in [0.25, 0.3) is 0 Å². The third-order valence-corrected chi connectivity index (χ3v) is 4.09. The minimum atomic E-state index is -0.0557. The molecule has 18 heavy (non-hydrogen) atoms. The van der Waals surface area contributed by atoms with Crippen LogP contribution in [-0.4, -0.2) is 17.4 Å². The Balaban J connectivity index is 2.30. The number of nitrogens with zero attached hydrogens (tertiary/aromatic N) is 1. The number of carbonyl (C=O) groups excluding carboxylic acids is 1. The monoisotopic (exact) mass is 328 g/mol. The Bertz CT molecular complexity index is 435. The lowest BCUT2D eigenvalue weighted by atomic mass is 10.2. The van der Waals surface area contributed by atoms with Gasteiger partial charge in [-0.25, -0.2) is 5.43 Å². The summed E-state index contributed by atoms with van der Waals surface area (Å²) in [5, 5.41) is 3.98. The standard InChI is InChI=1S/C13H17BrN2OS/c1-3-10(2)15-16-13(17)9-18-8-11-6-4-5-7-12(11)14/h4-7H,3,8-9H2,1-2H3,(H,16,17)/b15-10-. The van der Waals surface area contributed by atoms with Crippen molar-refractivity contribution in [3.63, 3.8) is 0 Å². The zero-order valence-electron chi connectivity index (χ0n) is 10.6. The van der Waals surface area contributed by atoms with E-state index >= 15 is 0 Å². The van der Waals surface area contributed by atoms with E-state index in [2.05, 4.69) is 26.5 Å². The van der Waals surface area contributed by atoms with Gasteiger partial charge in [-0.15, -0.1) is 11.8 Å². The molecule has 0 aliphatic rings. The van der Waals surface area contributed by atoms with Crippen LogP contribution in [0.4, 0.5) is 0 Å². The number of amides is 1. The molecule has 1 aromatic carbocycles. The predicted molar refractivity (Wildman–Crippen MR) is 81.8 cm³/mol. The highest BCUT2D eigenvalue weighted by Gasteiger charge is 2.03. The normalized spacial score (nSPS) is 11.4. The van der Waals surface area contributed by atoms with Crippen molar-refractivity contribution in [1.29, 1.82) is 0 Å². The van der Waals surface area contributed by atoms with Gasteiger partial charge in [-0.3, -0.25) is 4.79 Å². The van der Waals surface area contributed by atoms with Gasteiger partial charge < -0.3 is 0 Å². The average Bonchev–Trinajstić information content (AvgIpc) is 2.38. The molecule has 0 radical (unpaired) electrons. The first kappa shape index (κ1) is 15.2. The lowest BCUT2D eigenvalue weighted by Crippen LogP contribution is -2.20. The van der Waals surface area contributed by atoms with Crippen molar-refractivity contribution in [1.82, 2.24) is 5.43 Å². The molecule has 0 atom stereocenters. The average molecular weight is 329 g/mol. The Labute approximate surface area is 121 Å². The summed E-state index contributed by atoms with van der Waals surface area (Å²) < 4.78 is 1.08. The number of halogens is 1. The summed E-state index contributed by atoms with van der Waals surface area (Å²) in [5.41, 5.74) is 4.68. The number of thioether (sulfide) groups is 1. The maximum absolute atomic E-state index is 11.5. The molecule has 3 nitrogen and oxygen atoms in total. The van der Waals surface area contributed by atoms with Gasteiger partial charge in [0.05, 0.1) is 5.75 Å². The lowest BCUT2D eigenvalue weighted by molar-refractivity contribution is -0.118. The molecule has 0 spiro atoms. The first-order chi connectivity index (χ1) is 8.63. The minimum Gasteiger partial charge on any atom is -0.272 e. The van der Waals surface area contributed by atoms with Crippen molar-refractivity contribution in [3.05, 3.63) is 34.3 Å². The molecular weight excluding hydrogens is 312 g/mol. The summed E-state index contributed by atoms with van der Waals surface area (Å²) in [4.78, 5) is 11.5. The highest BCUT2D eigenvalue weighted by atomic mass is 79.9. The van der Waals surface area contributed by atoms with Crippen LogP contribution in [0.5, 0.6) is 0 Å². The van der Waals surface area contributed by atoms with Gasteiger partial charge in [-0.2, -0.15) is 5.10 Å². The molecule has 0 saturated carbocycles. The van der Waals surface area contributed by atoms with E-state index in [0.29, 0.717) is 5.75 Å². The maximum Gasteiger partial charge on any atom is 0.250 e. The first-order valence-corrected chi connectivity index (χ1v) is 7.71. The second kappa shape index (κ2) is 8.32. The van der Waals surface area contributed by atoms with E-state index in [1.54, 1.807) is 11.8 Å². The van der Waals surface area contributed by atoms with E-state index in [1.165, 1.54) is 5.56 Å².